The zero-order chi connectivity index (χ0) is 24.0. The van der Waals surface area contributed by atoms with E-state index in [0.29, 0.717) is 36.8 Å². The Bertz CT molecular complexity index is 1110. The number of ether oxygens (including phenoxy) is 2. The van der Waals surface area contributed by atoms with Crippen molar-refractivity contribution in [3.05, 3.63) is 42.5 Å². The number of para-hydroxylation sites is 2. The molecule has 1 aliphatic heterocycles. The third-order valence-corrected chi connectivity index (χ3v) is 7.25. The number of rotatable bonds is 9. The molecule has 0 atom stereocenters. The summed E-state index contributed by atoms with van der Waals surface area (Å²) in [6, 6.07) is 11.5. The zero-order valence-corrected chi connectivity index (χ0v) is 19.9. The maximum Gasteiger partial charge on any atom is 0.246 e. The molecule has 0 saturated heterocycles. The molecule has 1 heterocycles. The highest BCUT2D eigenvalue weighted by molar-refractivity contribution is 7.89. The molecular formula is C23H29N3O6S. The van der Waals surface area contributed by atoms with E-state index in [1.165, 1.54) is 21.3 Å². The minimum Gasteiger partial charge on any atom is -0.492 e. The molecule has 0 saturated carbocycles. The molecule has 0 fully saturated rings. The second-order valence-corrected chi connectivity index (χ2v) is 9.18. The molecule has 33 heavy (non-hydrogen) atoms. The molecule has 178 valence electrons. The van der Waals surface area contributed by atoms with Crippen LogP contribution < -0.4 is 19.7 Å². The lowest BCUT2D eigenvalue weighted by molar-refractivity contribution is -0.121. The van der Waals surface area contributed by atoms with Gasteiger partial charge in [-0.15, -0.1) is 0 Å². The Kier molecular flexibility index (Phi) is 7.93. The van der Waals surface area contributed by atoms with Crippen molar-refractivity contribution in [2.45, 2.75) is 32.1 Å². The van der Waals surface area contributed by atoms with Gasteiger partial charge < -0.3 is 14.8 Å². The van der Waals surface area contributed by atoms with Crippen LogP contribution in [0, 0.1) is 0 Å². The van der Waals surface area contributed by atoms with Crippen molar-refractivity contribution < 1.29 is 27.5 Å². The summed E-state index contributed by atoms with van der Waals surface area (Å²) in [6.45, 7) is 6.19. The number of sulfonamides is 1. The van der Waals surface area contributed by atoms with E-state index in [4.69, 9.17) is 9.47 Å². The van der Waals surface area contributed by atoms with Gasteiger partial charge in [-0.3, -0.25) is 14.5 Å². The first-order valence-electron chi connectivity index (χ1n) is 10.9. The highest BCUT2D eigenvalue weighted by atomic mass is 32.2. The van der Waals surface area contributed by atoms with Gasteiger partial charge in [0.05, 0.1) is 25.3 Å². The number of anilines is 2. The van der Waals surface area contributed by atoms with E-state index >= 15 is 0 Å². The molecule has 0 spiro atoms. The highest BCUT2D eigenvalue weighted by Crippen LogP contribution is 2.32. The molecule has 1 N–H and O–H groups in total. The molecule has 0 unspecified atom stereocenters. The number of carbonyl (C=O) groups excluding carboxylic acids is 2. The van der Waals surface area contributed by atoms with E-state index in [-0.39, 0.29) is 36.1 Å². The first kappa shape index (κ1) is 24.5. The SMILES string of the molecule is CCOc1ccc(NC(=O)CN2C(=O)CCOc3ccccc32)cc1S(=O)(=O)N(CC)CC. The second-order valence-electron chi connectivity index (χ2n) is 7.28. The zero-order valence-electron chi connectivity index (χ0n) is 19.0. The van der Waals surface area contributed by atoms with Crippen molar-refractivity contribution in [2.24, 2.45) is 0 Å². The van der Waals surface area contributed by atoms with Gasteiger partial charge in [0.25, 0.3) is 0 Å². The summed E-state index contributed by atoms with van der Waals surface area (Å²) in [5.74, 6) is 0.0583. The van der Waals surface area contributed by atoms with Crippen LogP contribution in [0.25, 0.3) is 0 Å². The fraction of sp³-hybridized carbons (Fsp3) is 0.391. The van der Waals surface area contributed by atoms with Gasteiger partial charge in [0.15, 0.2) is 0 Å². The summed E-state index contributed by atoms with van der Waals surface area (Å²) >= 11 is 0. The lowest BCUT2D eigenvalue weighted by Crippen LogP contribution is -2.37. The van der Waals surface area contributed by atoms with Crippen LogP contribution in [0.3, 0.4) is 0 Å². The molecule has 9 nitrogen and oxygen atoms in total. The van der Waals surface area contributed by atoms with Gasteiger partial charge in [-0.25, -0.2) is 8.42 Å². The first-order chi connectivity index (χ1) is 15.8. The molecule has 2 amide bonds. The van der Waals surface area contributed by atoms with Gasteiger partial charge in [-0.05, 0) is 37.3 Å². The number of hydrogen-bond donors (Lipinski definition) is 1. The van der Waals surface area contributed by atoms with Crippen molar-refractivity contribution >= 4 is 33.2 Å². The minimum atomic E-state index is -3.82. The van der Waals surface area contributed by atoms with Gasteiger partial charge in [0.1, 0.15) is 22.9 Å². The van der Waals surface area contributed by atoms with Crippen LogP contribution in [0.1, 0.15) is 27.2 Å². The van der Waals surface area contributed by atoms with Crippen LogP contribution in [-0.4, -0.2) is 57.4 Å². The van der Waals surface area contributed by atoms with Crippen LogP contribution in [0.5, 0.6) is 11.5 Å². The number of benzene rings is 2. The maximum absolute atomic E-state index is 13.1. The van der Waals surface area contributed by atoms with Crippen LogP contribution in [-0.2, 0) is 19.6 Å². The van der Waals surface area contributed by atoms with Crippen molar-refractivity contribution in [3.8, 4) is 11.5 Å². The topological polar surface area (TPSA) is 105 Å². The number of carbonyl (C=O) groups is 2. The predicted molar refractivity (Wildman–Crippen MR) is 125 cm³/mol. The van der Waals surface area contributed by atoms with Crippen LogP contribution >= 0.6 is 0 Å². The molecule has 0 aliphatic carbocycles. The monoisotopic (exact) mass is 475 g/mol. The summed E-state index contributed by atoms with van der Waals surface area (Å²) in [7, 11) is -3.82. The van der Waals surface area contributed by atoms with Gasteiger partial charge >= 0.3 is 0 Å². The standard InChI is InChI=1S/C23H29N3O6S/c1-4-25(5-2)33(29,30)21-15-17(11-12-20(21)31-6-3)24-22(27)16-26-18-9-7-8-10-19(18)32-14-13-23(26)28/h7-12,15H,4-6,13-14,16H2,1-3H3,(H,24,27). The largest absolute Gasteiger partial charge is 0.492 e. The molecule has 2 aromatic carbocycles. The Morgan fingerprint density at radius 2 is 1.88 bits per heavy atom. The number of fused-ring (bicyclic) bond motifs is 1. The molecule has 0 radical (unpaired) electrons. The van der Waals surface area contributed by atoms with E-state index in [1.54, 1.807) is 51.1 Å². The Morgan fingerprint density at radius 1 is 1.15 bits per heavy atom. The summed E-state index contributed by atoms with van der Waals surface area (Å²) in [5, 5.41) is 2.71. The Balaban J connectivity index is 1.86. The van der Waals surface area contributed by atoms with E-state index in [0.717, 1.165) is 0 Å². The third-order valence-electron chi connectivity index (χ3n) is 5.18. The molecule has 0 aromatic heterocycles. The average Bonchev–Trinajstić information content (AvgIpc) is 2.94. The fourth-order valence-corrected chi connectivity index (χ4v) is 5.22. The molecule has 0 bridgehead atoms. The molecule has 2 aromatic rings. The van der Waals surface area contributed by atoms with Crippen LogP contribution in [0.2, 0.25) is 0 Å². The number of hydrogen-bond acceptors (Lipinski definition) is 6. The van der Waals surface area contributed by atoms with Crippen molar-refractivity contribution in [1.29, 1.82) is 0 Å². The van der Waals surface area contributed by atoms with Crippen molar-refractivity contribution in [3.63, 3.8) is 0 Å². The first-order valence-corrected chi connectivity index (χ1v) is 12.3. The Labute approximate surface area is 194 Å². The number of amides is 2. The van der Waals surface area contributed by atoms with Gasteiger partial charge in [-0.2, -0.15) is 4.31 Å². The van der Waals surface area contributed by atoms with Crippen LogP contribution in [0.15, 0.2) is 47.4 Å². The molecular weight excluding hydrogens is 446 g/mol. The highest BCUT2D eigenvalue weighted by Gasteiger charge is 2.28. The molecule has 10 heteroatoms. The summed E-state index contributed by atoms with van der Waals surface area (Å²) in [6.07, 6.45) is 0.150. The smallest absolute Gasteiger partial charge is 0.246 e. The van der Waals surface area contributed by atoms with E-state index in [1.807, 2.05) is 0 Å². The van der Waals surface area contributed by atoms with E-state index < -0.39 is 15.9 Å². The number of nitrogens with zero attached hydrogens (tertiary/aromatic N) is 2. The van der Waals surface area contributed by atoms with Crippen molar-refractivity contribution in [1.82, 2.24) is 4.31 Å². The summed E-state index contributed by atoms with van der Waals surface area (Å²) in [5.41, 5.74) is 0.813. The fourth-order valence-electron chi connectivity index (χ4n) is 3.60. The van der Waals surface area contributed by atoms with E-state index in [2.05, 4.69) is 5.32 Å². The summed E-state index contributed by atoms with van der Waals surface area (Å²) in [4.78, 5) is 26.8. The van der Waals surface area contributed by atoms with Gasteiger partial charge in [0, 0.05) is 18.8 Å². The minimum absolute atomic E-state index is 0.0181. The summed E-state index contributed by atoms with van der Waals surface area (Å²) < 4.78 is 38.7. The maximum atomic E-state index is 13.1. The predicted octanol–water partition coefficient (Wildman–Crippen LogP) is 2.87. The number of nitrogens with one attached hydrogen (secondary N) is 1. The Hall–Kier alpha value is -3.11. The molecule has 3 rings (SSSR count). The second kappa shape index (κ2) is 10.7. The lowest BCUT2D eigenvalue weighted by Gasteiger charge is -2.22. The Morgan fingerprint density at radius 3 is 2.58 bits per heavy atom. The van der Waals surface area contributed by atoms with Crippen LogP contribution in [0.4, 0.5) is 11.4 Å². The lowest BCUT2D eigenvalue weighted by atomic mass is 10.2. The quantitative estimate of drug-likeness (QED) is 0.598. The van der Waals surface area contributed by atoms with Crippen molar-refractivity contribution in [2.75, 3.05) is 43.1 Å². The van der Waals surface area contributed by atoms with E-state index in [9.17, 15) is 18.0 Å². The van der Waals surface area contributed by atoms with Gasteiger partial charge in [0.2, 0.25) is 21.8 Å². The molecule has 1 aliphatic rings. The normalized spacial score (nSPS) is 13.8. The van der Waals surface area contributed by atoms with Gasteiger partial charge in [-0.1, -0.05) is 26.0 Å². The average molecular weight is 476 g/mol. The third kappa shape index (κ3) is 5.45.